The highest BCUT2D eigenvalue weighted by atomic mass is 35.5. The number of thiazole rings is 1. The summed E-state index contributed by atoms with van der Waals surface area (Å²) in [5, 5.41) is 8.87. The van der Waals surface area contributed by atoms with Crippen LogP contribution in [0.1, 0.15) is 37.2 Å². The van der Waals surface area contributed by atoms with Gasteiger partial charge in [0.05, 0.1) is 22.8 Å². The summed E-state index contributed by atoms with van der Waals surface area (Å²) >= 11 is 7.18. The average Bonchev–Trinajstić information content (AvgIpc) is 3.38. The smallest absolute Gasteiger partial charge is 0.314 e. The van der Waals surface area contributed by atoms with Crippen LogP contribution in [0.3, 0.4) is 0 Å². The fraction of sp³-hybridized carbons (Fsp3) is 0.333. The van der Waals surface area contributed by atoms with E-state index in [9.17, 15) is 19.2 Å². The molecule has 1 saturated heterocycles. The number of rotatable bonds is 5. The Morgan fingerprint density at radius 1 is 1.00 bits per heavy atom. The van der Waals surface area contributed by atoms with E-state index < -0.39 is 23.9 Å². The monoisotopic (exact) mass is 581 g/mol. The van der Waals surface area contributed by atoms with Crippen molar-refractivity contribution >= 4 is 52.4 Å². The van der Waals surface area contributed by atoms with Gasteiger partial charge in [-0.25, -0.2) is 9.97 Å². The standard InChI is InChI=1S/C27H28ClN7O4S/c1-34-11-9-19-21(15-34)40-26(32-19)25(38)31-20-14-35(27(39)16-5-3-2-4-6-16)12-10-18(20)30-23(36)24(37)33-22-8-7-17(28)13-29-22/h2-8,13,18,20H,9-12,14-15H2,1H3,(H,30,36)(H,31,38)(H,29,33,37)/t18-,20+/m0/s1. The molecule has 4 heterocycles. The number of carbonyl (C=O) groups excluding carboxylic acids is 4. The molecule has 0 radical (unpaired) electrons. The molecular formula is C27H28ClN7O4S. The van der Waals surface area contributed by atoms with Crippen molar-refractivity contribution in [1.82, 2.24) is 30.4 Å². The number of carbonyl (C=O) groups is 4. The van der Waals surface area contributed by atoms with E-state index in [0.29, 0.717) is 28.6 Å². The molecule has 3 N–H and O–H groups in total. The van der Waals surface area contributed by atoms with Crippen LogP contribution in [-0.2, 0) is 22.6 Å². The number of nitrogens with zero attached hydrogens (tertiary/aromatic N) is 4. The van der Waals surface area contributed by atoms with E-state index >= 15 is 0 Å². The number of hydrogen-bond acceptors (Lipinski definition) is 8. The molecule has 0 bridgehead atoms. The topological polar surface area (TPSA) is 137 Å². The van der Waals surface area contributed by atoms with Gasteiger partial charge in [0, 0.05) is 49.2 Å². The first-order valence-electron chi connectivity index (χ1n) is 12.8. The number of hydrogen-bond donors (Lipinski definition) is 3. The van der Waals surface area contributed by atoms with Crippen molar-refractivity contribution < 1.29 is 19.2 Å². The zero-order chi connectivity index (χ0) is 28.2. The van der Waals surface area contributed by atoms with Crippen LogP contribution >= 0.6 is 22.9 Å². The minimum Gasteiger partial charge on any atom is -0.343 e. The first-order valence-corrected chi connectivity index (χ1v) is 14.0. The van der Waals surface area contributed by atoms with Gasteiger partial charge in [0.25, 0.3) is 11.8 Å². The van der Waals surface area contributed by atoms with Gasteiger partial charge in [-0.15, -0.1) is 11.3 Å². The molecule has 11 nitrogen and oxygen atoms in total. The number of nitrogens with one attached hydrogen (secondary N) is 3. The molecule has 3 aromatic rings. The van der Waals surface area contributed by atoms with Crippen molar-refractivity contribution in [2.75, 3.05) is 32.0 Å². The van der Waals surface area contributed by atoms with Gasteiger partial charge in [-0.1, -0.05) is 29.8 Å². The van der Waals surface area contributed by atoms with Crippen molar-refractivity contribution in [3.63, 3.8) is 0 Å². The number of aromatic nitrogens is 2. The fourth-order valence-corrected chi connectivity index (χ4v) is 5.93. The van der Waals surface area contributed by atoms with Gasteiger partial charge >= 0.3 is 11.8 Å². The first-order chi connectivity index (χ1) is 19.3. The molecule has 5 rings (SSSR count). The predicted octanol–water partition coefficient (Wildman–Crippen LogP) is 1.95. The lowest BCUT2D eigenvalue weighted by Crippen LogP contribution is -2.62. The first kappa shape index (κ1) is 27.7. The highest BCUT2D eigenvalue weighted by Gasteiger charge is 2.36. The molecule has 40 heavy (non-hydrogen) atoms. The molecule has 2 atom stereocenters. The Bertz CT molecular complexity index is 1420. The molecule has 1 fully saturated rings. The molecule has 13 heteroatoms. The average molecular weight is 582 g/mol. The minimum atomic E-state index is -0.903. The summed E-state index contributed by atoms with van der Waals surface area (Å²) in [5.74, 6) is -2.16. The van der Waals surface area contributed by atoms with Gasteiger partial charge in [-0.2, -0.15) is 0 Å². The Hall–Kier alpha value is -3.87. The molecule has 2 aliphatic rings. The van der Waals surface area contributed by atoms with E-state index in [1.807, 2.05) is 13.1 Å². The quantitative estimate of drug-likeness (QED) is 0.392. The predicted molar refractivity (Wildman–Crippen MR) is 150 cm³/mol. The van der Waals surface area contributed by atoms with Gasteiger partial charge in [-0.05, 0) is 37.7 Å². The zero-order valence-electron chi connectivity index (χ0n) is 21.7. The third-order valence-electron chi connectivity index (χ3n) is 6.85. The number of pyridine rings is 1. The Labute approximate surface area is 239 Å². The van der Waals surface area contributed by atoms with Gasteiger partial charge in [0.2, 0.25) is 0 Å². The Balaban J connectivity index is 1.30. The summed E-state index contributed by atoms with van der Waals surface area (Å²) in [7, 11) is 2.02. The van der Waals surface area contributed by atoms with Gasteiger partial charge < -0.3 is 25.8 Å². The van der Waals surface area contributed by atoms with Crippen LogP contribution in [0.4, 0.5) is 5.82 Å². The minimum absolute atomic E-state index is 0.151. The molecule has 1 aromatic carbocycles. The number of likely N-dealkylation sites (N-methyl/N-ethyl adjacent to an activating group) is 1. The molecule has 0 spiro atoms. The van der Waals surface area contributed by atoms with Crippen molar-refractivity contribution in [3.05, 3.63) is 74.8 Å². The number of fused-ring (bicyclic) bond motifs is 1. The van der Waals surface area contributed by atoms with Crippen LogP contribution < -0.4 is 16.0 Å². The highest BCUT2D eigenvalue weighted by Crippen LogP contribution is 2.25. The Morgan fingerprint density at radius 3 is 2.55 bits per heavy atom. The normalized spacial score (nSPS) is 18.9. The molecule has 0 unspecified atom stereocenters. The molecule has 208 valence electrons. The summed E-state index contributed by atoms with van der Waals surface area (Å²) in [5.41, 5.74) is 1.46. The van der Waals surface area contributed by atoms with Crippen molar-refractivity contribution in [2.24, 2.45) is 0 Å². The number of likely N-dealkylation sites (tertiary alicyclic amines) is 1. The van der Waals surface area contributed by atoms with Crippen molar-refractivity contribution in [1.29, 1.82) is 0 Å². The van der Waals surface area contributed by atoms with E-state index in [1.54, 1.807) is 35.2 Å². The molecule has 2 aliphatic heterocycles. The molecule has 2 aromatic heterocycles. The molecular weight excluding hydrogens is 554 g/mol. The number of piperidine rings is 1. The largest absolute Gasteiger partial charge is 0.343 e. The van der Waals surface area contributed by atoms with Crippen molar-refractivity contribution in [2.45, 2.75) is 31.5 Å². The SMILES string of the molecule is CN1CCc2nc(C(=O)N[C@@H]3CN(C(=O)c4ccccc4)CC[C@@H]3NC(=O)C(=O)Nc3ccc(Cl)cn3)sc2C1. The van der Waals surface area contributed by atoms with Crippen LogP contribution in [0.5, 0.6) is 0 Å². The van der Waals surface area contributed by atoms with Crippen LogP contribution in [0.25, 0.3) is 0 Å². The summed E-state index contributed by atoms with van der Waals surface area (Å²) in [6.07, 6.45) is 2.46. The van der Waals surface area contributed by atoms with Crippen LogP contribution in [0.15, 0.2) is 48.7 Å². The second-order valence-corrected chi connectivity index (χ2v) is 11.3. The lowest BCUT2D eigenvalue weighted by Gasteiger charge is -2.39. The summed E-state index contributed by atoms with van der Waals surface area (Å²) < 4.78 is 0. The maximum absolute atomic E-state index is 13.3. The number of benzene rings is 1. The Kier molecular flexibility index (Phi) is 8.38. The van der Waals surface area contributed by atoms with E-state index in [0.717, 1.165) is 30.1 Å². The maximum atomic E-state index is 13.3. The fourth-order valence-electron chi connectivity index (χ4n) is 4.73. The summed E-state index contributed by atoms with van der Waals surface area (Å²) in [6.45, 7) is 2.10. The molecule has 0 aliphatic carbocycles. The third-order valence-corrected chi connectivity index (χ3v) is 8.15. The van der Waals surface area contributed by atoms with Crippen LogP contribution in [0, 0.1) is 0 Å². The van der Waals surface area contributed by atoms with Crippen LogP contribution in [0.2, 0.25) is 5.02 Å². The van der Waals surface area contributed by atoms with E-state index in [1.165, 1.54) is 23.6 Å². The van der Waals surface area contributed by atoms with Gasteiger partial charge in [0.1, 0.15) is 5.82 Å². The zero-order valence-corrected chi connectivity index (χ0v) is 23.3. The van der Waals surface area contributed by atoms with Crippen LogP contribution in [-0.4, -0.2) is 82.2 Å². The lowest BCUT2D eigenvalue weighted by molar-refractivity contribution is -0.136. The second-order valence-electron chi connectivity index (χ2n) is 9.76. The van der Waals surface area contributed by atoms with E-state index in [2.05, 4.69) is 30.8 Å². The second kappa shape index (κ2) is 12.1. The Morgan fingerprint density at radius 2 is 1.80 bits per heavy atom. The number of halogens is 1. The van der Waals surface area contributed by atoms with E-state index in [-0.39, 0.29) is 24.2 Å². The van der Waals surface area contributed by atoms with Crippen molar-refractivity contribution in [3.8, 4) is 0 Å². The third kappa shape index (κ3) is 6.46. The number of amides is 4. The molecule has 4 amide bonds. The lowest BCUT2D eigenvalue weighted by atomic mass is 9.98. The molecule has 0 saturated carbocycles. The summed E-state index contributed by atoms with van der Waals surface area (Å²) in [6, 6.07) is 10.6. The van der Waals surface area contributed by atoms with Gasteiger partial charge in [-0.3, -0.25) is 19.2 Å². The number of anilines is 1. The van der Waals surface area contributed by atoms with E-state index in [4.69, 9.17) is 11.6 Å². The van der Waals surface area contributed by atoms with Gasteiger partial charge in [0.15, 0.2) is 5.01 Å². The maximum Gasteiger partial charge on any atom is 0.314 e. The summed E-state index contributed by atoms with van der Waals surface area (Å²) in [4.78, 5) is 65.2. The highest BCUT2D eigenvalue weighted by molar-refractivity contribution is 7.13.